The second kappa shape index (κ2) is 9.92. The van der Waals surface area contributed by atoms with Crippen LogP contribution in [0.3, 0.4) is 0 Å². The van der Waals surface area contributed by atoms with Gasteiger partial charge in [0.1, 0.15) is 12.4 Å². The summed E-state index contributed by atoms with van der Waals surface area (Å²) in [6, 6.07) is 0. The smallest absolute Gasteiger partial charge is 0.158 e. The van der Waals surface area contributed by atoms with Crippen molar-refractivity contribution in [1.82, 2.24) is 14.8 Å². The quantitative estimate of drug-likeness (QED) is 0.626. The standard InChI is InChI=1S/C14H27N3O2/c1-3-4-5-6-7-8-9-13-15-16-14(12-18)17(13)10-11-19-2/h18H,3-12H2,1-2H3. The van der Waals surface area contributed by atoms with Gasteiger partial charge in [0.2, 0.25) is 0 Å². The normalized spacial score (nSPS) is 11.1. The topological polar surface area (TPSA) is 60.2 Å². The molecule has 0 amide bonds. The summed E-state index contributed by atoms with van der Waals surface area (Å²) >= 11 is 0. The van der Waals surface area contributed by atoms with Crippen molar-refractivity contribution >= 4 is 0 Å². The molecule has 5 nitrogen and oxygen atoms in total. The molecule has 0 bridgehead atoms. The summed E-state index contributed by atoms with van der Waals surface area (Å²) in [5.41, 5.74) is 0. The zero-order valence-electron chi connectivity index (χ0n) is 12.3. The first-order valence-corrected chi connectivity index (χ1v) is 7.34. The maximum Gasteiger partial charge on any atom is 0.158 e. The van der Waals surface area contributed by atoms with Gasteiger partial charge in [0.15, 0.2) is 5.82 Å². The van der Waals surface area contributed by atoms with Crippen LogP contribution in [0.1, 0.15) is 57.1 Å². The van der Waals surface area contributed by atoms with Crippen LogP contribution in [0.25, 0.3) is 0 Å². The van der Waals surface area contributed by atoms with E-state index in [0.717, 1.165) is 18.7 Å². The number of hydrogen-bond donors (Lipinski definition) is 1. The predicted molar refractivity (Wildman–Crippen MR) is 74.9 cm³/mol. The Labute approximate surface area is 116 Å². The SMILES string of the molecule is CCCCCCCCc1nnc(CO)n1CCOC. The van der Waals surface area contributed by atoms with Gasteiger partial charge in [0.05, 0.1) is 6.61 Å². The molecular formula is C14H27N3O2. The third-order valence-corrected chi connectivity index (χ3v) is 3.32. The second-order valence-corrected chi connectivity index (χ2v) is 4.85. The number of aliphatic hydroxyl groups is 1. The zero-order valence-corrected chi connectivity index (χ0v) is 12.3. The maximum absolute atomic E-state index is 9.24. The molecule has 5 heteroatoms. The number of nitrogens with zero attached hydrogens (tertiary/aromatic N) is 3. The first-order valence-electron chi connectivity index (χ1n) is 7.34. The number of aromatic nitrogens is 3. The lowest BCUT2D eigenvalue weighted by atomic mass is 10.1. The molecule has 110 valence electrons. The van der Waals surface area contributed by atoms with Crippen LogP contribution in [0, 0.1) is 0 Å². The van der Waals surface area contributed by atoms with Gasteiger partial charge in [0.25, 0.3) is 0 Å². The molecule has 1 heterocycles. The minimum Gasteiger partial charge on any atom is -0.388 e. The minimum absolute atomic E-state index is 0.0623. The molecule has 0 radical (unpaired) electrons. The Balaban J connectivity index is 2.37. The highest BCUT2D eigenvalue weighted by molar-refractivity contribution is 4.95. The molecule has 0 fully saturated rings. The van der Waals surface area contributed by atoms with Crippen LogP contribution in [0.2, 0.25) is 0 Å². The van der Waals surface area contributed by atoms with E-state index in [1.165, 1.54) is 32.1 Å². The molecular weight excluding hydrogens is 242 g/mol. The van der Waals surface area contributed by atoms with E-state index in [4.69, 9.17) is 4.74 Å². The van der Waals surface area contributed by atoms with Crippen molar-refractivity contribution < 1.29 is 9.84 Å². The van der Waals surface area contributed by atoms with Crippen molar-refractivity contribution in [1.29, 1.82) is 0 Å². The number of ether oxygens (including phenoxy) is 1. The average Bonchev–Trinajstić information content (AvgIpc) is 2.82. The molecule has 0 aliphatic rings. The van der Waals surface area contributed by atoms with E-state index in [1.54, 1.807) is 7.11 Å². The van der Waals surface area contributed by atoms with Crippen LogP contribution >= 0.6 is 0 Å². The van der Waals surface area contributed by atoms with Crippen LogP contribution in [0.5, 0.6) is 0 Å². The fourth-order valence-corrected chi connectivity index (χ4v) is 2.18. The zero-order chi connectivity index (χ0) is 13.9. The summed E-state index contributed by atoms with van der Waals surface area (Å²) in [4.78, 5) is 0. The van der Waals surface area contributed by atoms with Gasteiger partial charge >= 0.3 is 0 Å². The van der Waals surface area contributed by atoms with Gasteiger partial charge in [-0.2, -0.15) is 0 Å². The highest BCUT2D eigenvalue weighted by atomic mass is 16.5. The average molecular weight is 269 g/mol. The molecule has 0 spiro atoms. The van der Waals surface area contributed by atoms with Gasteiger partial charge in [-0.1, -0.05) is 39.0 Å². The van der Waals surface area contributed by atoms with Crippen LogP contribution in [0.4, 0.5) is 0 Å². The van der Waals surface area contributed by atoms with E-state index in [9.17, 15) is 5.11 Å². The highest BCUT2D eigenvalue weighted by Gasteiger charge is 2.10. The van der Waals surface area contributed by atoms with Crippen LogP contribution in [-0.2, 0) is 24.3 Å². The number of rotatable bonds is 11. The van der Waals surface area contributed by atoms with Crippen molar-refractivity contribution in [2.24, 2.45) is 0 Å². The molecule has 1 aromatic heterocycles. The van der Waals surface area contributed by atoms with Crippen molar-refractivity contribution in [3.8, 4) is 0 Å². The third-order valence-electron chi connectivity index (χ3n) is 3.32. The summed E-state index contributed by atoms with van der Waals surface area (Å²) in [7, 11) is 1.68. The van der Waals surface area contributed by atoms with E-state index in [0.29, 0.717) is 19.0 Å². The summed E-state index contributed by atoms with van der Waals surface area (Å²) in [5.74, 6) is 1.61. The summed E-state index contributed by atoms with van der Waals surface area (Å²) in [6.07, 6.45) is 8.56. The number of unbranched alkanes of at least 4 members (excludes halogenated alkanes) is 5. The molecule has 1 rings (SSSR count). The lowest BCUT2D eigenvalue weighted by molar-refractivity contribution is 0.181. The first-order chi connectivity index (χ1) is 9.33. The van der Waals surface area contributed by atoms with Gasteiger partial charge in [-0.3, -0.25) is 0 Å². The van der Waals surface area contributed by atoms with Crippen LogP contribution < -0.4 is 0 Å². The molecule has 19 heavy (non-hydrogen) atoms. The van der Waals surface area contributed by atoms with Gasteiger partial charge in [-0.25, -0.2) is 0 Å². The summed E-state index contributed by atoms with van der Waals surface area (Å²) < 4.78 is 7.06. The Hall–Kier alpha value is -0.940. The van der Waals surface area contributed by atoms with E-state index < -0.39 is 0 Å². The second-order valence-electron chi connectivity index (χ2n) is 4.85. The maximum atomic E-state index is 9.24. The van der Waals surface area contributed by atoms with E-state index in [2.05, 4.69) is 17.1 Å². The number of methoxy groups -OCH3 is 1. The monoisotopic (exact) mass is 269 g/mol. The Morgan fingerprint density at radius 3 is 2.42 bits per heavy atom. The van der Waals surface area contributed by atoms with E-state index in [-0.39, 0.29) is 6.61 Å². The number of aryl methyl sites for hydroxylation is 1. The molecule has 0 aliphatic heterocycles. The van der Waals surface area contributed by atoms with Crippen molar-refractivity contribution in [3.63, 3.8) is 0 Å². The van der Waals surface area contributed by atoms with Crippen molar-refractivity contribution in [2.45, 2.75) is 65.0 Å². The Morgan fingerprint density at radius 2 is 1.74 bits per heavy atom. The van der Waals surface area contributed by atoms with Crippen LogP contribution in [-0.4, -0.2) is 33.6 Å². The van der Waals surface area contributed by atoms with Gasteiger partial charge in [0, 0.05) is 20.1 Å². The summed E-state index contributed by atoms with van der Waals surface area (Å²) in [5, 5.41) is 17.4. The van der Waals surface area contributed by atoms with Gasteiger partial charge in [-0.15, -0.1) is 10.2 Å². The molecule has 0 unspecified atom stereocenters. The molecule has 0 saturated heterocycles. The molecule has 0 aliphatic carbocycles. The number of aliphatic hydroxyl groups excluding tert-OH is 1. The highest BCUT2D eigenvalue weighted by Crippen LogP contribution is 2.10. The Kier molecular flexibility index (Phi) is 8.41. The third kappa shape index (κ3) is 5.70. The molecule has 1 aromatic rings. The van der Waals surface area contributed by atoms with Crippen LogP contribution in [0.15, 0.2) is 0 Å². The van der Waals surface area contributed by atoms with Crippen molar-refractivity contribution in [2.75, 3.05) is 13.7 Å². The predicted octanol–water partition coefficient (Wildman–Crippen LogP) is 2.32. The number of hydrogen-bond acceptors (Lipinski definition) is 4. The molecule has 0 saturated carbocycles. The minimum atomic E-state index is -0.0623. The fourth-order valence-electron chi connectivity index (χ4n) is 2.18. The Bertz CT molecular complexity index is 339. The van der Waals surface area contributed by atoms with Crippen molar-refractivity contribution in [3.05, 3.63) is 11.6 Å². The first kappa shape index (κ1) is 16.1. The van der Waals surface area contributed by atoms with E-state index in [1.807, 2.05) is 4.57 Å². The van der Waals surface area contributed by atoms with E-state index >= 15 is 0 Å². The molecule has 1 N–H and O–H groups in total. The lowest BCUT2D eigenvalue weighted by Gasteiger charge is -2.08. The molecule has 0 atom stereocenters. The summed E-state index contributed by atoms with van der Waals surface area (Å²) in [6.45, 7) is 3.50. The van der Waals surface area contributed by atoms with Gasteiger partial charge in [-0.05, 0) is 6.42 Å². The lowest BCUT2D eigenvalue weighted by Crippen LogP contribution is -2.12. The molecule has 0 aromatic carbocycles. The largest absolute Gasteiger partial charge is 0.388 e. The Morgan fingerprint density at radius 1 is 1.05 bits per heavy atom. The van der Waals surface area contributed by atoms with Gasteiger partial charge < -0.3 is 14.4 Å². The fraction of sp³-hybridized carbons (Fsp3) is 0.857.